The third-order valence-electron chi connectivity index (χ3n) is 2.43. The molecule has 1 aromatic carbocycles. The lowest BCUT2D eigenvalue weighted by atomic mass is 10.1. The molecule has 0 radical (unpaired) electrons. The molecule has 0 aliphatic carbocycles. The van der Waals surface area contributed by atoms with Crippen molar-refractivity contribution in [2.75, 3.05) is 0 Å². The van der Waals surface area contributed by atoms with Crippen LogP contribution in [0, 0.1) is 6.92 Å². The maximum Gasteiger partial charge on any atom is 0.247 e. The van der Waals surface area contributed by atoms with E-state index in [9.17, 15) is 0 Å². The van der Waals surface area contributed by atoms with E-state index in [0.717, 1.165) is 16.9 Å². The molecule has 1 heterocycles. The van der Waals surface area contributed by atoms with Gasteiger partial charge in [0.2, 0.25) is 11.8 Å². The van der Waals surface area contributed by atoms with Crippen molar-refractivity contribution < 1.29 is 9.15 Å². The van der Waals surface area contributed by atoms with Crippen LogP contribution in [0.25, 0.3) is 11.5 Å². The third-order valence-corrected chi connectivity index (χ3v) is 2.43. The van der Waals surface area contributed by atoms with E-state index in [1.54, 1.807) is 0 Å². The summed E-state index contributed by atoms with van der Waals surface area (Å²) in [6.45, 7) is 6.24. The third kappa shape index (κ3) is 2.68. The summed E-state index contributed by atoms with van der Waals surface area (Å²) in [5, 5.41) is 7.79. The van der Waals surface area contributed by atoms with Gasteiger partial charge in [-0.05, 0) is 44.5 Å². The number of aromatic nitrogens is 2. The molecule has 2 rings (SSSR count). The van der Waals surface area contributed by atoms with Gasteiger partial charge in [0, 0.05) is 5.56 Å². The normalized spacial score (nSPS) is 10.9. The molecule has 0 unspecified atom stereocenters. The quantitative estimate of drug-likeness (QED) is 0.897. The number of nitrogens with two attached hydrogens (primary N) is 1. The van der Waals surface area contributed by atoms with E-state index in [0.29, 0.717) is 11.8 Å². The zero-order valence-electron chi connectivity index (χ0n) is 10.8. The summed E-state index contributed by atoms with van der Waals surface area (Å²) in [6, 6.07) is 5.78. The largest absolute Gasteiger partial charge is 0.491 e. The second kappa shape index (κ2) is 5.18. The number of hydrogen-bond acceptors (Lipinski definition) is 5. The molecular weight excluding hydrogens is 230 g/mol. The Balaban J connectivity index is 2.28. The smallest absolute Gasteiger partial charge is 0.247 e. The predicted octanol–water partition coefficient (Wildman–Crippen LogP) is 2.29. The van der Waals surface area contributed by atoms with Crippen LogP contribution in [0.4, 0.5) is 0 Å². The molecule has 1 aromatic heterocycles. The van der Waals surface area contributed by atoms with Crippen molar-refractivity contribution in [2.45, 2.75) is 33.4 Å². The summed E-state index contributed by atoms with van der Waals surface area (Å²) in [5.41, 5.74) is 7.34. The van der Waals surface area contributed by atoms with E-state index >= 15 is 0 Å². The van der Waals surface area contributed by atoms with Crippen molar-refractivity contribution in [2.24, 2.45) is 5.73 Å². The Hall–Kier alpha value is -1.88. The minimum absolute atomic E-state index is 0.154. The monoisotopic (exact) mass is 247 g/mol. The highest BCUT2D eigenvalue weighted by Crippen LogP contribution is 2.26. The number of benzene rings is 1. The fraction of sp³-hybridized carbons (Fsp3) is 0.385. The SMILES string of the molecule is Cc1cc(-c2nnc(CN)o2)ccc1OC(C)C. The van der Waals surface area contributed by atoms with Crippen LogP contribution in [0.5, 0.6) is 5.75 Å². The van der Waals surface area contributed by atoms with Gasteiger partial charge in [0.25, 0.3) is 0 Å². The van der Waals surface area contributed by atoms with Gasteiger partial charge in [0.05, 0.1) is 12.6 Å². The molecule has 0 atom stereocenters. The first-order chi connectivity index (χ1) is 8.60. The van der Waals surface area contributed by atoms with E-state index in [1.165, 1.54) is 0 Å². The van der Waals surface area contributed by atoms with Gasteiger partial charge in [-0.15, -0.1) is 10.2 Å². The van der Waals surface area contributed by atoms with Crippen molar-refractivity contribution in [1.82, 2.24) is 10.2 Å². The Labute approximate surface area is 106 Å². The Morgan fingerprint density at radius 2 is 2.11 bits per heavy atom. The van der Waals surface area contributed by atoms with E-state index in [2.05, 4.69) is 10.2 Å². The Morgan fingerprint density at radius 3 is 2.67 bits per heavy atom. The van der Waals surface area contributed by atoms with Crippen molar-refractivity contribution in [3.8, 4) is 17.2 Å². The van der Waals surface area contributed by atoms with Gasteiger partial charge in [-0.2, -0.15) is 0 Å². The molecule has 18 heavy (non-hydrogen) atoms. The highest BCUT2D eigenvalue weighted by atomic mass is 16.5. The zero-order valence-corrected chi connectivity index (χ0v) is 10.8. The topological polar surface area (TPSA) is 74.2 Å². The van der Waals surface area contributed by atoms with Crippen molar-refractivity contribution in [3.05, 3.63) is 29.7 Å². The van der Waals surface area contributed by atoms with Crippen LogP contribution in [0.3, 0.4) is 0 Å². The summed E-state index contributed by atoms with van der Waals surface area (Å²) in [5.74, 6) is 1.78. The lowest BCUT2D eigenvalue weighted by Gasteiger charge is -2.12. The van der Waals surface area contributed by atoms with E-state index < -0.39 is 0 Å². The number of rotatable bonds is 4. The van der Waals surface area contributed by atoms with Gasteiger partial charge < -0.3 is 14.9 Å². The van der Waals surface area contributed by atoms with Crippen LogP contribution in [-0.2, 0) is 6.54 Å². The summed E-state index contributed by atoms with van der Waals surface area (Å²) in [7, 11) is 0. The molecule has 0 aliphatic heterocycles. The Kier molecular flexibility index (Phi) is 3.62. The first kappa shape index (κ1) is 12.6. The van der Waals surface area contributed by atoms with Gasteiger partial charge in [-0.25, -0.2) is 0 Å². The Morgan fingerprint density at radius 1 is 1.33 bits per heavy atom. The van der Waals surface area contributed by atoms with Crippen LogP contribution >= 0.6 is 0 Å². The molecule has 2 N–H and O–H groups in total. The highest BCUT2D eigenvalue weighted by molar-refractivity contribution is 5.56. The van der Waals surface area contributed by atoms with Crippen molar-refractivity contribution in [3.63, 3.8) is 0 Å². The zero-order chi connectivity index (χ0) is 13.1. The van der Waals surface area contributed by atoms with Gasteiger partial charge in [0.1, 0.15) is 5.75 Å². The minimum atomic E-state index is 0.154. The van der Waals surface area contributed by atoms with Gasteiger partial charge in [-0.1, -0.05) is 0 Å². The summed E-state index contributed by atoms with van der Waals surface area (Å²) in [6.07, 6.45) is 0.154. The summed E-state index contributed by atoms with van der Waals surface area (Å²) < 4.78 is 11.1. The maximum absolute atomic E-state index is 5.68. The minimum Gasteiger partial charge on any atom is -0.491 e. The Bertz CT molecular complexity index is 535. The maximum atomic E-state index is 5.68. The van der Waals surface area contributed by atoms with Gasteiger partial charge >= 0.3 is 0 Å². The first-order valence-corrected chi connectivity index (χ1v) is 5.90. The molecule has 5 nitrogen and oxygen atoms in total. The predicted molar refractivity (Wildman–Crippen MR) is 68.1 cm³/mol. The number of hydrogen-bond donors (Lipinski definition) is 1. The average molecular weight is 247 g/mol. The second-order valence-corrected chi connectivity index (χ2v) is 4.35. The van der Waals surface area contributed by atoms with Gasteiger partial charge in [-0.3, -0.25) is 0 Å². The highest BCUT2D eigenvalue weighted by Gasteiger charge is 2.10. The fourth-order valence-corrected chi connectivity index (χ4v) is 1.62. The van der Waals surface area contributed by atoms with E-state index in [-0.39, 0.29) is 12.6 Å². The molecule has 0 spiro atoms. The van der Waals surface area contributed by atoms with Gasteiger partial charge in [0.15, 0.2) is 0 Å². The molecule has 0 amide bonds. The molecule has 0 fully saturated rings. The summed E-state index contributed by atoms with van der Waals surface area (Å²) in [4.78, 5) is 0. The molecule has 2 aromatic rings. The first-order valence-electron chi connectivity index (χ1n) is 5.90. The average Bonchev–Trinajstić information content (AvgIpc) is 2.80. The van der Waals surface area contributed by atoms with Crippen LogP contribution in [-0.4, -0.2) is 16.3 Å². The van der Waals surface area contributed by atoms with Crippen LogP contribution in [0.2, 0.25) is 0 Å². The van der Waals surface area contributed by atoms with E-state index in [1.807, 2.05) is 39.0 Å². The standard InChI is InChI=1S/C13H17N3O2/c1-8(2)17-11-5-4-10(6-9(11)3)13-16-15-12(7-14)18-13/h4-6,8H,7,14H2,1-3H3. The number of ether oxygens (including phenoxy) is 1. The van der Waals surface area contributed by atoms with Crippen LogP contribution in [0.15, 0.2) is 22.6 Å². The number of aryl methyl sites for hydroxylation is 1. The molecule has 0 saturated carbocycles. The van der Waals surface area contributed by atoms with E-state index in [4.69, 9.17) is 14.9 Å². The fourth-order valence-electron chi connectivity index (χ4n) is 1.62. The lowest BCUT2D eigenvalue weighted by molar-refractivity contribution is 0.241. The van der Waals surface area contributed by atoms with Crippen LogP contribution in [0.1, 0.15) is 25.3 Å². The van der Waals surface area contributed by atoms with Crippen LogP contribution < -0.4 is 10.5 Å². The second-order valence-electron chi connectivity index (χ2n) is 4.35. The number of nitrogens with zero attached hydrogens (tertiary/aromatic N) is 2. The molecule has 0 aliphatic rings. The molecule has 0 bridgehead atoms. The van der Waals surface area contributed by atoms with Crippen molar-refractivity contribution in [1.29, 1.82) is 0 Å². The molecule has 0 saturated heterocycles. The molecule has 96 valence electrons. The molecular formula is C13H17N3O2. The van der Waals surface area contributed by atoms with Crippen molar-refractivity contribution >= 4 is 0 Å². The lowest BCUT2D eigenvalue weighted by Crippen LogP contribution is -2.06. The molecule has 5 heteroatoms. The summed E-state index contributed by atoms with van der Waals surface area (Å²) >= 11 is 0.